The SMILES string of the molecule is NC1(COc2nc(N3C[C@H]4CC[C@@H](C3)N4)c3cnc(-c4cccc5cccc(Cl)c45)c(F)c3n2)CCCCC1. The van der Waals surface area contributed by atoms with E-state index in [1.165, 1.54) is 6.42 Å². The lowest BCUT2D eigenvalue weighted by Crippen LogP contribution is -2.51. The molecule has 0 radical (unpaired) electrons. The van der Waals surface area contributed by atoms with Crippen LogP contribution in [-0.2, 0) is 0 Å². The number of nitrogens with two attached hydrogens (primary N) is 1. The van der Waals surface area contributed by atoms with Gasteiger partial charge in [0.15, 0.2) is 5.82 Å². The van der Waals surface area contributed by atoms with E-state index in [0.29, 0.717) is 40.5 Å². The van der Waals surface area contributed by atoms with E-state index < -0.39 is 11.4 Å². The average molecular weight is 547 g/mol. The summed E-state index contributed by atoms with van der Waals surface area (Å²) in [5.41, 5.74) is 7.27. The summed E-state index contributed by atoms with van der Waals surface area (Å²) in [6.07, 6.45) is 9.12. The highest BCUT2D eigenvalue weighted by Crippen LogP contribution is 2.38. The minimum Gasteiger partial charge on any atom is -0.461 e. The van der Waals surface area contributed by atoms with Crippen LogP contribution >= 0.6 is 11.6 Å². The summed E-state index contributed by atoms with van der Waals surface area (Å²) in [5, 5.41) is 6.47. The van der Waals surface area contributed by atoms with Gasteiger partial charge in [-0.05, 0) is 37.1 Å². The fourth-order valence-electron chi connectivity index (χ4n) is 6.59. The summed E-state index contributed by atoms with van der Waals surface area (Å²) in [6.45, 7) is 1.90. The highest BCUT2D eigenvalue weighted by atomic mass is 35.5. The zero-order valence-electron chi connectivity index (χ0n) is 21.8. The second kappa shape index (κ2) is 9.84. The fraction of sp³-hybridized carbons (Fsp3) is 0.433. The number of hydrogen-bond donors (Lipinski definition) is 2. The second-order valence-corrected chi connectivity index (χ2v) is 11.8. The van der Waals surface area contributed by atoms with Crippen LogP contribution in [0.5, 0.6) is 6.01 Å². The lowest BCUT2D eigenvalue weighted by Gasteiger charge is -2.35. The second-order valence-electron chi connectivity index (χ2n) is 11.4. The molecule has 2 aromatic heterocycles. The summed E-state index contributed by atoms with van der Waals surface area (Å²) >= 11 is 6.58. The Labute approximate surface area is 231 Å². The third kappa shape index (κ3) is 4.58. The minimum absolute atomic E-state index is 0.158. The number of rotatable bonds is 5. The predicted octanol–water partition coefficient (Wildman–Crippen LogP) is 5.62. The Morgan fingerprint density at radius 2 is 1.79 bits per heavy atom. The molecule has 3 aliphatic rings. The van der Waals surface area contributed by atoms with Crippen molar-refractivity contribution >= 4 is 39.1 Å². The van der Waals surface area contributed by atoms with Crippen molar-refractivity contribution in [2.24, 2.45) is 5.73 Å². The van der Waals surface area contributed by atoms with Gasteiger partial charge in [0.05, 0.1) is 10.9 Å². The molecule has 7 nitrogen and oxygen atoms in total. The quantitative estimate of drug-likeness (QED) is 0.336. The van der Waals surface area contributed by atoms with E-state index in [1.54, 1.807) is 6.20 Å². The highest BCUT2D eigenvalue weighted by molar-refractivity contribution is 6.36. The average Bonchev–Trinajstić information content (AvgIpc) is 3.29. The van der Waals surface area contributed by atoms with Gasteiger partial charge in [0.25, 0.3) is 0 Å². The molecule has 2 aromatic carbocycles. The van der Waals surface area contributed by atoms with Gasteiger partial charge in [-0.3, -0.25) is 4.98 Å². The summed E-state index contributed by atoms with van der Waals surface area (Å²) in [4.78, 5) is 16.3. The molecule has 2 bridgehead atoms. The maximum Gasteiger partial charge on any atom is 0.319 e. The first-order valence-electron chi connectivity index (χ1n) is 13.9. The number of hydrogen-bond acceptors (Lipinski definition) is 7. The number of ether oxygens (including phenoxy) is 1. The molecule has 2 aliphatic heterocycles. The summed E-state index contributed by atoms with van der Waals surface area (Å²) in [6, 6.07) is 12.3. The molecule has 1 aliphatic carbocycles. The molecule has 2 atom stereocenters. The zero-order valence-corrected chi connectivity index (χ0v) is 22.6. The van der Waals surface area contributed by atoms with Crippen molar-refractivity contribution < 1.29 is 9.13 Å². The van der Waals surface area contributed by atoms with Gasteiger partial charge in [0.2, 0.25) is 0 Å². The van der Waals surface area contributed by atoms with E-state index in [0.717, 1.165) is 62.4 Å². The Hall–Kier alpha value is -3.07. The molecule has 7 rings (SSSR count). The molecule has 0 spiro atoms. The van der Waals surface area contributed by atoms with Gasteiger partial charge < -0.3 is 20.7 Å². The number of pyridine rings is 1. The van der Waals surface area contributed by atoms with Gasteiger partial charge in [-0.2, -0.15) is 9.97 Å². The van der Waals surface area contributed by atoms with E-state index in [1.807, 2.05) is 36.4 Å². The molecule has 1 saturated carbocycles. The molecule has 0 amide bonds. The van der Waals surface area contributed by atoms with Crippen molar-refractivity contribution in [2.45, 2.75) is 62.6 Å². The Morgan fingerprint density at radius 3 is 2.56 bits per heavy atom. The number of aromatic nitrogens is 3. The Kier molecular flexibility index (Phi) is 6.29. The van der Waals surface area contributed by atoms with Crippen LogP contribution in [-0.4, -0.2) is 52.3 Å². The van der Waals surface area contributed by atoms with Crippen molar-refractivity contribution in [3.63, 3.8) is 0 Å². The molecule has 3 N–H and O–H groups in total. The third-order valence-corrected chi connectivity index (χ3v) is 8.92. The largest absolute Gasteiger partial charge is 0.461 e. The van der Waals surface area contributed by atoms with Crippen LogP contribution in [0.2, 0.25) is 5.02 Å². The lowest BCUT2D eigenvalue weighted by molar-refractivity contribution is 0.164. The first-order chi connectivity index (χ1) is 19.0. The van der Waals surface area contributed by atoms with Gasteiger partial charge in [-0.1, -0.05) is 61.2 Å². The third-order valence-electron chi connectivity index (χ3n) is 8.61. The van der Waals surface area contributed by atoms with Crippen molar-refractivity contribution in [3.8, 4) is 17.3 Å². The summed E-state index contributed by atoms with van der Waals surface area (Å²) < 4.78 is 22.6. The smallest absolute Gasteiger partial charge is 0.319 e. The van der Waals surface area contributed by atoms with Crippen molar-refractivity contribution in [1.82, 2.24) is 20.3 Å². The normalized spacial score (nSPS) is 22.5. The van der Waals surface area contributed by atoms with Crippen LogP contribution in [0.4, 0.5) is 10.2 Å². The molecule has 202 valence electrons. The number of nitrogens with zero attached hydrogens (tertiary/aromatic N) is 4. The van der Waals surface area contributed by atoms with Crippen LogP contribution < -0.4 is 20.7 Å². The summed E-state index contributed by atoms with van der Waals surface area (Å²) in [5.74, 6) is 0.156. The first-order valence-corrected chi connectivity index (χ1v) is 14.3. The monoisotopic (exact) mass is 546 g/mol. The number of piperazine rings is 1. The maximum atomic E-state index is 16.5. The van der Waals surface area contributed by atoms with E-state index in [9.17, 15) is 0 Å². The number of fused-ring (bicyclic) bond motifs is 4. The predicted molar refractivity (Wildman–Crippen MR) is 153 cm³/mol. The van der Waals surface area contributed by atoms with E-state index in [4.69, 9.17) is 27.1 Å². The Morgan fingerprint density at radius 1 is 1.05 bits per heavy atom. The van der Waals surface area contributed by atoms with Crippen LogP contribution in [0.15, 0.2) is 42.6 Å². The van der Waals surface area contributed by atoms with E-state index in [2.05, 4.69) is 20.2 Å². The molecule has 2 saturated heterocycles. The molecule has 9 heteroatoms. The standard InChI is InChI=1S/C30H32ClFN6O/c31-23-9-5-7-18-6-4-8-21(24(18)23)26-25(32)27-22(14-34-26)28(38-15-19-10-11-20(16-38)35-19)37-29(36-27)39-17-30(33)12-2-1-3-13-30/h4-9,14,19-20,35H,1-3,10-13,15-17,33H2/t19-,20+. The first kappa shape index (κ1) is 24.9. The maximum absolute atomic E-state index is 16.5. The van der Waals surface area contributed by atoms with Gasteiger partial charge in [-0.25, -0.2) is 4.39 Å². The van der Waals surface area contributed by atoms with Gasteiger partial charge >= 0.3 is 6.01 Å². The summed E-state index contributed by atoms with van der Waals surface area (Å²) in [7, 11) is 0. The number of nitrogens with one attached hydrogen (secondary N) is 1. The van der Waals surface area contributed by atoms with Crippen LogP contribution in [0.3, 0.4) is 0 Å². The number of anilines is 1. The lowest BCUT2D eigenvalue weighted by atomic mass is 9.83. The zero-order chi connectivity index (χ0) is 26.6. The number of benzene rings is 2. The molecule has 4 heterocycles. The molecule has 4 aromatic rings. The van der Waals surface area contributed by atoms with E-state index >= 15 is 4.39 Å². The van der Waals surface area contributed by atoms with Gasteiger partial charge in [0.1, 0.15) is 23.6 Å². The molecular weight excluding hydrogens is 515 g/mol. The molecule has 39 heavy (non-hydrogen) atoms. The van der Waals surface area contributed by atoms with Gasteiger partial charge in [0, 0.05) is 47.3 Å². The molecule has 3 fully saturated rings. The Bertz CT molecular complexity index is 1540. The Balaban J connectivity index is 1.35. The van der Waals surface area contributed by atoms with E-state index in [-0.39, 0.29) is 17.2 Å². The van der Waals surface area contributed by atoms with Crippen molar-refractivity contribution in [2.75, 3.05) is 24.6 Å². The fourth-order valence-corrected chi connectivity index (χ4v) is 6.87. The van der Waals surface area contributed by atoms with Crippen LogP contribution in [0.1, 0.15) is 44.9 Å². The number of halogens is 2. The topological polar surface area (TPSA) is 89.2 Å². The van der Waals surface area contributed by atoms with Crippen LogP contribution in [0, 0.1) is 5.82 Å². The minimum atomic E-state index is -0.508. The molecular formula is C30H32ClFN6O. The van der Waals surface area contributed by atoms with Crippen molar-refractivity contribution in [3.05, 3.63) is 53.4 Å². The van der Waals surface area contributed by atoms with Gasteiger partial charge in [-0.15, -0.1) is 0 Å². The molecule has 0 unspecified atom stereocenters. The van der Waals surface area contributed by atoms with Crippen LogP contribution in [0.25, 0.3) is 32.9 Å². The van der Waals surface area contributed by atoms with Crippen molar-refractivity contribution in [1.29, 1.82) is 0 Å². The highest BCUT2D eigenvalue weighted by Gasteiger charge is 2.35.